The minimum Gasteiger partial charge on any atom is -0.383 e. The number of aryl methyl sites for hydroxylation is 1. The second-order valence-corrected chi connectivity index (χ2v) is 4.84. The van der Waals surface area contributed by atoms with Crippen LogP contribution in [0.15, 0.2) is 0 Å². The molecule has 0 aliphatic carbocycles. The lowest BCUT2D eigenvalue weighted by Crippen LogP contribution is -2.28. The number of methoxy groups -OCH3 is 1. The van der Waals surface area contributed by atoms with Gasteiger partial charge in [-0.1, -0.05) is 18.5 Å². The van der Waals surface area contributed by atoms with E-state index in [-0.39, 0.29) is 0 Å². The van der Waals surface area contributed by atoms with Crippen LogP contribution in [0, 0.1) is 6.92 Å². The summed E-state index contributed by atoms with van der Waals surface area (Å²) in [7, 11) is 3.78. The van der Waals surface area contributed by atoms with Crippen LogP contribution in [-0.4, -0.2) is 55.3 Å². The Hall–Kier alpha value is -0.910. The molecule has 1 heterocycles. The number of rotatable bonds is 8. The lowest BCUT2D eigenvalue weighted by atomic mass is 10.3. The van der Waals surface area contributed by atoms with Gasteiger partial charge in [-0.3, -0.25) is 0 Å². The molecule has 0 saturated heterocycles. The standard InChI is InChI=1S/C13H23ClN4O/c1-5-11-16-12(14)10(2)13(17-11)15-6-7-18(3)8-9-19-4/h5-9H2,1-4H3,(H,15,16,17). The quantitative estimate of drug-likeness (QED) is 0.741. The number of aromatic nitrogens is 2. The monoisotopic (exact) mass is 286 g/mol. The molecule has 0 bridgehead atoms. The first kappa shape index (κ1) is 16.1. The van der Waals surface area contributed by atoms with Crippen LogP contribution < -0.4 is 5.32 Å². The average Bonchev–Trinajstić information content (AvgIpc) is 2.40. The van der Waals surface area contributed by atoms with Gasteiger partial charge in [0.2, 0.25) is 0 Å². The SMILES string of the molecule is CCc1nc(Cl)c(C)c(NCCN(C)CCOC)n1. The number of ether oxygens (including phenoxy) is 1. The first-order valence-electron chi connectivity index (χ1n) is 6.52. The number of halogens is 1. The molecule has 1 N–H and O–H groups in total. The summed E-state index contributed by atoms with van der Waals surface area (Å²) in [6, 6.07) is 0. The van der Waals surface area contributed by atoms with Crippen LogP contribution in [0.3, 0.4) is 0 Å². The van der Waals surface area contributed by atoms with Crippen molar-refractivity contribution in [1.29, 1.82) is 0 Å². The summed E-state index contributed by atoms with van der Waals surface area (Å²) in [6.45, 7) is 7.35. The fraction of sp³-hybridized carbons (Fsp3) is 0.692. The molecule has 108 valence electrons. The maximum absolute atomic E-state index is 6.09. The predicted octanol–water partition coefficient (Wildman–Crippen LogP) is 1.99. The minimum absolute atomic E-state index is 0.530. The lowest BCUT2D eigenvalue weighted by Gasteiger charge is -2.17. The molecule has 19 heavy (non-hydrogen) atoms. The topological polar surface area (TPSA) is 50.3 Å². The Bertz CT molecular complexity index is 400. The molecule has 5 nitrogen and oxygen atoms in total. The van der Waals surface area contributed by atoms with E-state index in [1.807, 2.05) is 13.8 Å². The molecule has 0 radical (unpaired) electrons. The fourth-order valence-corrected chi connectivity index (χ4v) is 1.77. The summed E-state index contributed by atoms with van der Waals surface area (Å²) in [5.74, 6) is 1.60. The summed E-state index contributed by atoms with van der Waals surface area (Å²) < 4.78 is 5.04. The number of likely N-dealkylation sites (N-methyl/N-ethyl adjacent to an activating group) is 1. The van der Waals surface area contributed by atoms with Gasteiger partial charge in [0.1, 0.15) is 16.8 Å². The molecule has 0 aromatic carbocycles. The van der Waals surface area contributed by atoms with Crippen LogP contribution in [0.25, 0.3) is 0 Å². The molecule has 0 saturated carbocycles. The first-order chi connectivity index (χ1) is 9.08. The second-order valence-electron chi connectivity index (χ2n) is 4.48. The van der Waals surface area contributed by atoms with Crippen LogP contribution >= 0.6 is 11.6 Å². The third-order valence-electron chi connectivity index (χ3n) is 2.91. The average molecular weight is 287 g/mol. The Morgan fingerprint density at radius 2 is 2.05 bits per heavy atom. The Morgan fingerprint density at radius 3 is 2.68 bits per heavy atom. The Kier molecular flexibility index (Phi) is 7.05. The van der Waals surface area contributed by atoms with E-state index >= 15 is 0 Å². The van der Waals surface area contributed by atoms with Gasteiger partial charge in [-0.15, -0.1) is 0 Å². The van der Waals surface area contributed by atoms with Crippen molar-refractivity contribution in [2.45, 2.75) is 20.3 Å². The highest BCUT2D eigenvalue weighted by molar-refractivity contribution is 6.30. The van der Waals surface area contributed by atoms with Gasteiger partial charge in [-0.25, -0.2) is 9.97 Å². The molecular formula is C13H23ClN4O. The summed E-state index contributed by atoms with van der Waals surface area (Å²) in [5.41, 5.74) is 0.901. The van der Waals surface area contributed by atoms with Crippen molar-refractivity contribution in [2.24, 2.45) is 0 Å². The molecule has 0 amide bonds. The van der Waals surface area contributed by atoms with Crippen LogP contribution in [-0.2, 0) is 11.2 Å². The normalized spacial score (nSPS) is 11.1. The van der Waals surface area contributed by atoms with Gasteiger partial charge in [-0.05, 0) is 14.0 Å². The smallest absolute Gasteiger partial charge is 0.137 e. The summed E-state index contributed by atoms with van der Waals surface area (Å²) >= 11 is 6.09. The van der Waals surface area contributed by atoms with E-state index in [0.29, 0.717) is 5.15 Å². The van der Waals surface area contributed by atoms with Crippen LogP contribution in [0.5, 0.6) is 0 Å². The number of nitrogens with zero attached hydrogens (tertiary/aromatic N) is 3. The van der Waals surface area contributed by atoms with Crippen molar-refractivity contribution in [3.63, 3.8) is 0 Å². The van der Waals surface area contributed by atoms with E-state index < -0.39 is 0 Å². The van der Waals surface area contributed by atoms with Crippen LogP contribution in [0.1, 0.15) is 18.3 Å². The molecule has 0 spiro atoms. The van der Waals surface area contributed by atoms with E-state index in [1.165, 1.54) is 0 Å². The molecule has 6 heteroatoms. The molecule has 0 aliphatic heterocycles. The van der Waals surface area contributed by atoms with Crippen molar-refractivity contribution in [3.8, 4) is 0 Å². The molecule has 0 atom stereocenters. The van der Waals surface area contributed by atoms with Crippen LogP contribution in [0.4, 0.5) is 5.82 Å². The van der Waals surface area contributed by atoms with Gasteiger partial charge in [0.25, 0.3) is 0 Å². The Morgan fingerprint density at radius 1 is 1.32 bits per heavy atom. The number of anilines is 1. The van der Waals surface area contributed by atoms with E-state index in [2.05, 4.69) is 27.2 Å². The van der Waals surface area contributed by atoms with Gasteiger partial charge in [-0.2, -0.15) is 0 Å². The number of nitrogens with one attached hydrogen (secondary N) is 1. The molecule has 1 aromatic heterocycles. The molecule has 0 aliphatic rings. The van der Waals surface area contributed by atoms with Crippen molar-refractivity contribution in [1.82, 2.24) is 14.9 Å². The molecule has 0 unspecified atom stereocenters. The summed E-state index contributed by atoms with van der Waals surface area (Å²) in [5, 5.41) is 3.85. The molecule has 1 rings (SSSR count). The summed E-state index contributed by atoms with van der Waals surface area (Å²) in [6.07, 6.45) is 0.780. The van der Waals surface area contributed by atoms with Gasteiger partial charge >= 0.3 is 0 Å². The fourth-order valence-electron chi connectivity index (χ4n) is 1.59. The highest BCUT2D eigenvalue weighted by atomic mass is 35.5. The van der Waals surface area contributed by atoms with Crippen molar-refractivity contribution < 1.29 is 4.74 Å². The predicted molar refractivity (Wildman–Crippen MR) is 79.0 cm³/mol. The van der Waals surface area contributed by atoms with Gasteiger partial charge in [0.15, 0.2) is 0 Å². The Labute approximate surface area is 120 Å². The molecule has 1 aromatic rings. The van der Waals surface area contributed by atoms with Crippen molar-refractivity contribution in [2.75, 3.05) is 45.7 Å². The van der Waals surface area contributed by atoms with Gasteiger partial charge in [0.05, 0.1) is 6.61 Å². The zero-order chi connectivity index (χ0) is 14.3. The maximum atomic E-state index is 6.09. The van der Waals surface area contributed by atoms with E-state index in [4.69, 9.17) is 16.3 Å². The highest BCUT2D eigenvalue weighted by Crippen LogP contribution is 2.19. The minimum atomic E-state index is 0.530. The summed E-state index contributed by atoms with van der Waals surface area (Å²) in [4.78, 5) is 10.9. The van der Waals surface area contributed by atoms with E-state index in [9.17, 15) is 0 Å². The van der Waals surface area contributed by atoms with Crippen molar-refractivity contribution >= 4 is 17.4 Å². The highest BCUT2D eigenvalue weighted by Gasteiger charge is 2.08. The van der Waals surface area contributed by atoms with Crippen molar-refractivity contribution in [3.05, 3.63) is 16.5 Å². The number of hydrogen-bond acceptors (Lipinski definition) is 5. The zero-order valence-electron chi connectivity index (χ0n) is 12.2. The lowest BCUT2D eigenvalue weighted by molar-refractivity contribution is 0.163. The maximum Gasteiger partial charge on any atom is 0.137 e. The van der Waals surface area contributed by atoms with E-state index in [0.717, 1.165) is 49.9 Å². The van der Waals surface area contributed by atoms with E-state index in [1.54, 1.807) is 7.11 Å². The third kappa shape index (κ3) is 5.30. The first-order valence-corrected chi connectivity index (χ1v) is 6.90. The van der Waals surface area contributed by atoms with Gasteiger partial charge < -0.3 is 15.0 Å². The van der Waals surface area contributed by atoms with Crippen LogP contribution in [0.2, 0.25) is 5.15 Å². The third-order valence-corrected chi connectivity index (χ3v) is 3.28. The Balaban J connectivity index is 2.51. The second kappa shape index (κ2) is 8.30. The molecular weight excluding hydrogens is 264 g/mol. The zero-order valence-corrected chi connectivity index (χ0v) is 12.9. The van der Waals surface area contributed by atoms with Gasteiger partial charge in [0, 0.05) is 38.7 Å². The number of hydrogen-bond donors (Lipinski definition) is 1. The largest absolute Gasteiger partial charge is 0.383 e. The molecule has 0 fully saturated rings.